The fourth-order valence-electron chi connectivity index (χ4n) is 4.75. The third kappa shape index (κ3) is 3.18. The van der Waals surface area contributed by atoms with Crippen LogP contribution in [0.1, 0.15) is 51.4 Å². The molecule has 0 aromatic rings. The van der Waals surface area contributed by atoms with Gasteiger partial charge in [-0.25, -0.2) is 0 Å². The van der Waals surface area contributed by atoms with Crippen molar-refractivity contribution in [1.29, 1.82) is 0 Å². The van der Waals surface area contributed by atoms with Gasteiger partial charge in [0.25, 0.3) is 0 Å². The van der Waals surface area contributed by atoms with E-state index in [-0.39, 0.29) is 6.10 Å². The predicted molar refractivity (Wildman–Crippen MR) is 85.4 cm³/mol. The first-order valence-electron chi connectivity index (χ1n) is 9.42. The number of hydrogen-bond donors (Lipinski definition) is 1. The lowest BCUT2D eigenvalue weighted by molar-refractivity contribution is -0.135. The molecular weight excluding hydrogens is 276 g/mol. The summed E-state index contributed by atoms with van der Waals surface area (Å²) in [4.78, 5) is 17.1. The van der Waals surface area contributed by atoms with Gasteiger partial charge in [0.1, 0.15) is 0 Å². The number of aliphatic hydroxyl groups is 1. The molecule has 0 aromatic carbocycles. The Kier molecular flexibility index (Phi) is 4.16. The summed E-state index contributed by atoms with van der Waals surface area (Å²) in [5, 5.41) is 10.0. The van der Waals surface area contributed by atoms with Gasteiger partial charge >= 0.3 is 0 Å². The van der Waals surface area contributed by atoms with Gasteiger partial charge in [-0.1, -0.05) is 0 Å². The molecule has 1 amide bonds. The molecule has 4 heteroatoms. The molecule has 4 fully saturated rings. The maximum Gasteiger partial charge on any atom is 0.222 e. The van der Waals surface area contributed by atoms with Crippen LogP contribution in [0.25, 0.3) is 0 Å². The molecule has 1 saturated heterocycles. The van der Waals surface area contributed by atoms with Crippen LogP contribution in [0.5, 0.6) is 0 Å². The zero-order valence-electron chi connectivity index (χ0n) is 13.6. The monoisotopic (exact) mass is 306 g/mol. The smallest absolute Gasteiger partial charge is 0.222 e. The van der Waals surface area contributed by atoms with E-state index in [0.717, 1.165) is 63.7 Å². The van der Waals surface area contributed by atoms with Crippen molar-refractivity contribution in [3.63, 3.8) is 0 Å². The molecule has 3 saturated carbocycles. The van der Waals surface area contributed by atoms with Crippen LogP contribution in [0, 0.1) is 17.8 Å². The minimum Gasteiger partial charge on any atom is -0.391 e. The molecule has 3 aliphatic carbocycles. The topological polar surface area (TPSA) is 43.8 Å². The molecule has 0 bridgehead atoms. The second-order valence-corrected chi connectivity index (χ2v) is 8.03. The first kappa shape index (κ1) is 14.9. The third-order valence-electron chi connectivity index (χ3n) is 6.45. The van der Waals surface area contributed by atoms with E-state index in [4.69, 9.17) is 0 Å². The van der Waals surface area contributed by atoms with Crippen molar-refractivity contribution in [2.75, 3.05) is 26.2 Å². The van der Waals surface area contributed by atoms with Crippen molar-refractivity contribution in [2.45, 2.75) is 63.5 Å². The first-order chi connectivity index (χ1) is 10.7. The minimum absolute atomic E-state index is 0.142. The maximum atomic E-state index is 12.6. The zero-order chi connectivity index (χ0) is 15.1. The average molecular weight is 306 g/mol. The zero-order valence-corrected chi connectivity index (χ0v) is 13.6. The number of hydrogen-bond acceptors (Lipinski definition) is 3. The number of rotatable bonds is 5. The van der Waals surface area contributed by atoms with Crippen LogP contribution >= 0.6 is 0 Å². The largest absolute Gasteiger partial charge is 0.391 e. The number of piperazine rings is 1. The van der Waals surface area contributed by atoms with E-state index in [1.807, 2.05) is 0 Å². The molecule has 0 unspecified atom stereocenters. The molecule has 1 heterocycles. The van der Waals surface area contributed by atoms with Gasteiger partial charge in [0, 0.05) is 38.6 Å². The first-order valence-corrected chi connectivity index (χ1v) is 9.42. The summed E-state index contributed by atoms with van der Waals surface area (Å²) in [6, 6.07) is 0.350. The molecule has 0 aromatic heterocycles. The maximum absolute atomic E-state index is 12.6. The number of aliphatic hydroxyl groups excluding tert-OH is 1. The Morgan fingerprint density at radius 1 is 0.955 bits per heavy atom. The van der Waals surface area contributed by atoms with E-state index in [9.17, 15) is 9.90 Å². The van der Waals surface area contributed by atoms with Crippen LogP contribution in [0.4, 0.5) is 0 Å². The van der Waals surface area contributed by atoms with Gasteiger partial charge in [0.2, 0.25) is 5.91 Å². The summed E-state index contributed by atoms with van der Waals surface area (Å²) in [6.45, 7) is 3.63. The van der Waals surface area contributed by atoms with Gasteiger partial charge in [0.15, 0.2) is 0 Å². The minimum atomic E-state index is -0.142. The van der Waals surface area contributed by atoms with Crippen LogP contribution in [0.2, 0.25) is 0 Å². The molecule has 22 heavy (non-hydrogen) atoms. The van der Waals surface area contributed by atoms with Crippen LogP contribution in [0.15, 0.2) is 0 Å². The Bertz CT molecular complexity index is 399. The molecule has 1 aliphatic heterocycles. The molecule has 2 atom stereocenters. The Labute approximate surface area is 133 Å². The summed E-state index contributed by atoms with van der Waals surface area (Å²) < 4.78 is 0. The van der Waals surface area contributed by atoms with Gasteiger partial charge in [-0.05, 0) is 62.7 Å². The second kappa shape index (κ2) is 6.12. The summed E-state index contributed by atoms with van der Waals surface area (Å²) in [6.07, 6.45) is 9.34. The molecule has 0 spiro atoms. The van der Waals surface area contributed by atoms with E-state index in [2.05, 4.69) is 9.80 Å². The molecule has 4 aliphatic rings. The fraction of sp³-hybridized carbons (Fsp3) is 0.944. The molecule has 4 rings (SSSR count). The van der Waals surface area contributed by atoms with Crippen molar-refractivity contribution in [1.82, 2.24) is 9.80 Å². The summed E-state index contributed by atoms with van der Waals surface area (Å²) in [5.74, 6) is 2.83. The van der Waals surface area contributed by atoms with Crippen molar-refractivity contribution in [3.05, 3.63) is 0 Å². The van der Waals surface area contributed by atoms with Gasteiger partial charge < -0.3 is 10.0 Å². The van der Waals surface area contributed by atoms with Crippen LogP contribution < -0.4 is 0 Å². The third-order valence-corrected chi connectivity index (χ3v) is 6.45. The lowest BCUT2D eigenvalue weighted by atomic mass is 9.93. The van der Waals surface area contributed by atoms with E-state index in [1.54, 1.807) is 0 Å². The van der Waals surface area contributed by atoms with E-state index >= 15 is 0 Å². The SMILES string of the molecule is O=C(CC(C1CC1)C1CC1)N1CCN([C@@H]2CCC[C@H]2O)CC1. The van der Waals surface area contributed by atoms with Gasteiger partial charge in [-0.2, -0.15) is 0 Å². The summed E-state index contributed by atoms with van der Waals surface area (Å²) in [5.41, 5.74) is 0. The molecule has 124 valence electrons. The molecule has 1 N–H and O–H groups in total. The average Bonchev–Trinajstić information content (AvgIpc) is 3.44. The fourth-order valence-corrected chi connectivity index (χ4v) is 4.75. The Balaban J connectivity index is 1.26. The van der Waals surface area contributed by atoms with E-state index < -0.39 is 0 Å². The van der Waals surface area contributed by atoms with Gasteiger partial charge in [-0.3, -0.25) is 9.69 Å². The van der Waals surface area contributed by atoms with Gasteiger partial charge in [0.05, 0.1) is 6.10 Å². The van der Waals surface area contributed by atoms with Crippen molar-refractivity contribution >= 4 is 5.91 Å². The number of carbonyl (C=O) groups excluding carboxylic acids is 1. The van der Waals surface area contributed by atoms with Crippen LogP contribution in [-0.4, -0.2) is 59.1 Å². The highest BCUT2D eigenvalue weighted by molar-refractivity contribution is 5.76. The predicted octanol–water partition coefficient (Wildman–Crippen LogP) is 1.87. The Morgan fingerprint density at radius 2 is 1.59 bits per heavy atom. The molecular formula is C18H30N2O2. The highest BCUT2D eigenvalue weighted by atomic mass is 16.3. The van der Waals surface area contributed by atoms with Crippen molar-refractivity contribution in [3.8, 4) is 0 Å². The highest BCUT2D eigenvalue weighted by Crippen LogP contribution is 2.50. The lowest BCUT2D eigenvalue weighted by Crippen LogP contribution is -2.53. The lowest BCUT2D eigenvalue weighted by Gasteiger charge is -2.39. The Hall–Kier alpha value is -0.610. The molecule has 4 nitrogen and oxygen atoms in total. The molecule has 0 radical (unpaired) electrons. The van der Waals surface area contributed by atoms with Crippen LogP contribution in [-0.2, 0) is 4.79 Å². The van der Waals surface area contributed by atoms with E-state index in [1.165, 1.54) is 25.7 Å². The number of nitrogens with zero attached hydrogens (tertiary/aromatic N) is 2. The normalized spacial score (nSPS) is 33.6. The number of amides is 1. The summed E-state index contributed by atoms with van der Waals surface area (Å²) >= 11 is 0. The van der Waals surface area contributed by atoms with Crippen molar-refractivity contribution < 1.29 is 9.90 Å². The highest BCUT2D eigenvalue weighted by Gasteiger charge is 2.43. The number of carbonyl (C=O) groups is 1. The standard InChI is InChI=1S/C18H30N2O2/c21-17-3-1-2-16(17)19-8-10-20(11-9-19)18(22)12-15(13-4-5-13)14-6-7-14/h13-17,21H,1-12H2/t16-,17-/m1/s1. The Morgan fingerprint density at radius 3 is 2.09 bits per heavy atom. The quantitative estimate of drug-likeness (QED) is 0.843. The van der Waals surface area contributed by atoms with E-state index in [0.29, 0.717) is 17.9 Å². The second-order valence-electron chi connectivity index (χ2n) is 8.03. The van der Waals surface area contributed by atoms with Gasteiger partial charge in [-0.15, -0.1) is 0 Å². The van der Waals surface area contributed by atoms with Crippen molar-refractivity contribution in [2.24, 2.45) is 17.8 Å². The summed E-state index contributed by atoms with van der Waals surface area (Å²) in [7, 11) is 0. The van der Waals surface area contributed by atoms with Crippen LogP contribution in [0.3, 0.4) is 0 Å².